The van der Waals surface area contributed by atoms with Crippen LogP contribution in [0.15, 0.2) is 65.7 Å². The molecule has 0 bridgehead atoms. The Balaban J connectivity index is 2.01. The Labute approximate surface area is 169 Å². The molecule has 0 unspecified atom stereocenters. The minimum atomic E-state index is -0.105. The maximum absolute atomic E-state index is 12.5. The number of para-hydroxylation sites is 1. The summed E-state index contributed by atoms with van der Waals surface area (Å²) in [5.74, 6) is 0.559. The van der Waals surface area contributed by atoms with Gasteiger partial charge in [-0.3, -0.25) is 4.79 Å². The number of aliphatic imine (C=N–C) groups is 1. The first kappa shape index (κ1) is 19.6. The van der Waals surface area contributed by atoms with Gasteiger partial charge in [-0.15, -0.1) is 0 Å². The van der Waals surface area contributed by atoms with Crippen LogP contribution in [-0.2, 0) is 0 Å². The van der Waals surface area contributed by atoms with E-state index in [0.717, 1.165) is 16.9 Å². The van der Waals surface area contributed by atoms with Gasteiger partial charge in [0.15, 0.2) is 11.6 Å². The molecule has 0 saturated heterocycles. The second kappa shape index (κ2) is 8.67. The van der Waals surface area contributed by atoms with Gasteiger partial charge >= 0.3 is 0 Å². The lowest BCUT2D eigenvalue weighted by molar-refractivity contribution is 0.104. The molecule has 0 spiro atoms. The Morgan fingerprint density at radius 3 is 2.43 bits per heavy atom. The molecule has 0 aliphatic carbocycles. The summed E-state index contributed by atoms with van der Waals surface area (Å²) >= 11 is 5.89. The molecule has 2 aromatic carbocycles. The first-order valence-electron chi connectivity index (χ1n) is 8.79. The maximum atomic E-state index is 12.5. The maximum Gasteiger partial charge on any atom is 0.185 e. The molecule has 5 nitrogen and oxygen atoms in total. The van der Waals surface area contributed by atoms with Crippen LogP contribution >= 0.6 is 11.6 Å². The van der Waals surface area contributed by atoms with E-state index in [1.165, 1.54) is 6.08 Å². The Bertz CT molecular complexity index is 1020. The first-order chi connectivity index (χ1) is 13.5. The summed E-state index contributed by atoms with van der Waals surface area (Å²) < 4.78 is 1.78. The van der Waals surface area contributed by atoms with Crippen molar-refractivity contribution in [1.82, 2.24) is 14.7 Å². The summed E-state index contributed by atoms with van der Waals surface area (Å²) in [4.78, 5) is 18.9. The van der Waals surface area contributed by atoms with Crippen LogP contribution < -0.4 is 0 Å². The summed E-state index contributed by atoms with van der Waals surface area (Å²) in [7, 11) is 3.80. The largest absolute Gasteiger partial charge is 0.369 e. The molecule has 3 aromatic rings. The summed E-state index contributed by atoms with van der Waals surface area (Å²) in [6.07, 6.45) is 5.02. The van der Waals surface area contributed by atoms with Gasteiger partial charge in [-0.2, -0.15) is 5.10 Å². The molecule has 1 aromatic heterocycles. The number of hydrogen-bond acceptors (Lipinski definition) is 3. The summed E-state index contributed by atoms with van der Waals surface area (Å²) in [6.45, 7) is 1.90. The van der Waals surface area contributed by atoms with Crippen LogP contribution in [0.4, 0.5) is 5.82 Å². The Morgan fingerprint density at radius 2 is 1.79 bits per heavy atom. The molecule has 0 aliphatic rings. The second-order valence-corrected chi connectivity index (χ2v) is 6.92. The highest BCUT2D eigenvalue weighted by molar-refractivity contribution is 6.30. The molecule has 1 heterocycles. The van der Waals surface area contributed by atoms with Gasteiger partial charge in [0.1, 0.15) is 0 Å². The van der Waals surface area contributed by atoms with Crippen LogP contribution in [0.3, 0.4) is 0 Å². The molecule has 6 heteroatoms. The molecule has 0 atom stereocenters. The van der Waals surface area contributed by atoms with Gasteiger partial charge in [-0.05, 0) is 55.5 Å². The van der Waals surface area contributed by atoms with Crippen molar-refractivity contribution in [2.45, 2.75) is 6.92 Å². The molecular formula is C22H21ClN4O. The zero-order valence-corrected chi connectivity index (χ0v) is 16.8. The highest BCUT2D eigenvalue weighted by Crippen LogP contribution is 2.27. The number of nitrogens with zero attached hydrogens (tertiary/aromatic N) is 4. The number of aromatic nitrogens is 2. The number of benzene rings is 2. The van der Waals surface area contributed by atoms with E-state index in [1.54, 1.807) is 41.4 Å². The number of ketones is 1. The third-order valence-electron chi connectivity index (χ3n) is 4.02. The molecule has 3 rings (SSSR count). The van der Waals surface area contributed by atoms with E-state index in [4.69, 9.17) is 11.6 Å². The number of halogens is 1. The monoisotopic (exact) mass is 392 g/mol. The highest BCUT2D eigenvalue weighted by Gasteiger charge is 2.14. The lowest BCUT2D eigenvalue weighted by atomic mass is 10.1. The van der Waals surface area contributed by atoms with Gasteiger partial charge in [-0.25, -0.2) is 9.67 Å². The van der Waals surface area contributed by atoms with Gasteiger partial charge < -0.3 is 4.90 Å². The third kappa shape index (κ3) is 4.56. The van der Waals surface area contributed by atoms with Crippen LogP contribution in [0.5, 0.6) is 0 Å². The van der Waals surface area contributed by atoms with E-state index in [-0.39, 0.29) is 5.78 Å². The van der Waals surface area contributed by atoms with Gasteiger partial charge in [0.2, 0.25) is 0 Å². The van der Waals surface area contributed by atoms with E-state index in [9.17, 15) is 4.79 Å². The van der Waals surface area contributed by atoms with Gasteiger partial charge in [-0.1, -0.05) is 29.8 Å². The van der Waals surface area contributed by atoms with Crippen molar-refractivity contribution in [3.63, 3.8) is 0 Å². The topological polar surface area (TPSA) is 50.5 Å². The minimum absolute atomic E-state index is 0.105. The summed E-state index contributed by atoms with van der Waals surface area (Å²) in [6, 6.07) is 16.6. The van der Waals surface area contributed by atoms with E-state index in [0.29, 0.717) is 16.4 Å². The van der Waals surface area contributed by atoms with E-state index >= 15 is 0 Å². The van der Waals surface area contributed by atoms with Crippen LogP contribution in [0.1, 0.15) is 21.6 Å². The number of carbonyl (C=O) groups is 1. The fourth-order valence-electron chi connectivity index (χ4n) is 2.64. The predicted molar refractivity (Wildman–Crippen MR) is 115 cm³/mol. The van der Waals surface area contributed by atoms with Crippen LogP contribution in [-0.4, -0.2) is 40.9 Å². The van der Waals surface area contributed by atoms with Crippen molar-refractivity contribution in [2.75, 3.05) is 14.1 Å². The van der Waals surface area contributed by atoms with Gasteiger partial charge in [0.05, 0.1) is 17.7 Å². The molecule has 0 aliphatic heterocycles. The molecule has 0 N–H and O–H groups in total. The minimum Gasteiger partial charge on any atom is -0.369 e. The normalized spacial score (nSPS) is 11.4. The molecule has 0 radical (unpaired) electrons. The van der Waals surface area contributed by atoms with Crippen LogP contribution in [0, 0.1) is 6.92 Å². The zero-order valence-electron chi connectivity index (χ0n) is 16.0. The predicted octanol–water partition coefficient (Wildman–Crippen LogP) is 4.95. The van der Waals surface area contributed by atoms with Crippen molar-refractivity contribution in [1.29, 1.82) is 0 Å². The third-order valence-corrected chi connectivity index (χ3v) is 4.28. The first-order valence-corrected chi connectivity index (χ1v) is 9.17. The Hall–Kier alpha value is -3.18. The second-order valence-electron chi connectivity index (χ2n) is 6.48. The van der Waals surface area contributed by atoms with Gasteiger partial charge in [0.25, 0.3) is 0 Å². The van der Waals surface area contributed by atoms with Crippen molar-refractivity contribution >= 4 is 35.6 Å². The zero-order chi connectivity index (χ0) is 20.1. The van der Waals surface area contributed by atoms with Gasteiger partial charge in [0, 0.05) is 30.2 Å². The smallest absolute Gasteiger partial charge is 0.185 e. The molecule has 28 heavy (non-hydrogen) atoms. The molecular weight excluding hydrogens is 372 g/mol. The highest BCUT2D eigenvalue weighted by atomic mass is 35.5. The van der Waals surface area contributed by atoms with E-state index in [1.807, 2.05) is 56.3 Å². The molecule has 0 saturated carbocycles. The van der Waals surface area contributed by atoms with Crippen molar-refractivity contribution < 1.29 is 4.79 Å². The number of allylic oxidation sites excluding steroid dienone is 1. The van der Waals surface area contributed by atoms with Crippen LogP contribution in [0.25, 0.3) is 11.8 Å². The molecule has 0 fully saturated rings. The summed E-state index contributed by atoms with van der Waals surface area (Å²) in [5, 5.41) is 5.22. The lowest BCUT2D eigenvalue weighted by Gasteiger charge is -2.06. The quantitative estimate of drug-likeness (QED) is 0.258. The van der Waals surface area contributed by atoms with E-state index < -0.39 is 0 Å². The molecule has 0 amide bonds. The average Bonchev–Trinajstić information content (AvgIpc) is 3.01. The SMILES string of the molecule is Cc1nn(-c2ccccc2)c(/N=C/N(C)C)c1/C=C/C(=O)c1ccc(Cl)cc1. The molecule has 142 valence electrons. The fourth-order valence-corrected chi connectivity index (χ4v) is 2.76. The number of rotatable bonds is 6. The Kier molecular flexibility index (Phi) is 6.06. The van der Waals surface area contributed by atoms with E-state index in [2.05, 4.69) is 10.1 Å². The summed E-state index contributed by atoms with van der Waals surface area (Å²) in [5.41, 5.74) is 3.06. The van der Waals surface area contributed by atoms with Crippen molar-refractivity contribution in [3.8, 4) is 5.69 Å². The van der Waals surface area contributed by atoms with Crippen molar-refractivity contribution in [2.24, 2.45) is 4.99 Å². The van der Waals surface area contributed by atoms with Crippen molar-refractivity contribution in [3.05, 3.63) is 82.5 Å². The fraction of sp³-hybridized carbons (Fsp3) is 0.136. The Morgan fingerprint density at radius 1 is 1.11 bits per heavy atom. The lowest BCUT2D eigenvalue weighted by Crippen LogP contribution is -2.07. The standard InChI is InChI=1S/C22H21ClN4O/c1-16-20(13-14-21(28)17-9-11-18(23)12-10-17)22(24-15-26(2)3)27(25-16)19-7-5-4-6-8-19/h4-15H,1-3H3/b14-13+,24-15+. The number of aryl methyl sites for hydroxylation is 1. The number of carbonyl (C=O) groups excluding carboxylic acids is 1. The average molecular weight is 393 g/mol. The number of hydrogen-bond donors (Lipinski definition) is 0. The van der Waals surface area contributed by atoms with Crippen LogP contribution in [0.2, 0.25) is 5.02 Å².